The normalized spacial score (nSPS) is 11.4. The third kappa shape index (κ3) is 3.84. The Labute approximate surface area is 133 Å². The maximum atomic E-state index is 12.4. The van der Waals surface area contributed by atoms with Gasteiger partial charge in [-0.25, -0.2) is 13.1 Å². The summed E-state index contributed by atoms with van der Waals surface area (Å²) in [4.78, 5) is 0.118. The summed E-state index contributed by atoms with van der Waals surface area (Å²) in [5.74, 6) is 0.315. The summed E-state index contributed by atoms with van der Waals surface area (Å²) in [5, 5.41) is 0. The minimum Gasteiger partial charge on any atom is -0.495 e. The molecule has 0 aromatic heterocycles. The van der Waals surface area contributed by atoms with Crippen molar-refractivity contribution in [2.24, 2.45) is 0 Å². The van der Waals surface area contributed by atoms with Crippen LogP contribution in [0, 0.1) is 6.92 Å². The molecule has 6 heteroatoms. The Balaban J connectivity index is 2.27. The molecule has 21 heavy (non-hydrogen) atoms. The summed E-state index contributed by atoms with van der Waals surface area (Å²) in [6.45, 7) is 2.19. The van der Waals surface area contributed by atoms with E-state index in [9.17, 15) is 8.42 Å². The highest BCUT2D eigenvalue weighted by atomic mass is 79.9. The lowest BCUT2D eigenvalue weighted by atomic mass is 10.1. The first-order valence-corrected chi connectivity index (χ1v) is 8.59. The molecule has 0 aliphatic carbocycles. The fourth-order valence-electron chi connectivity index (χ4n) is 1.92. The first-order chi connectivity index (χ1) is 9.94. The van der Waals surface area contributed by atoms with E-state index in [2.05, 4.69) is 20.7 Å². The lowest BCUT2D eigenvalue weighted by Crippen LogP contribution is -2.24. The Bertz CT molecular complexity index is 744. The maximum absolute atomic E-state index is 12.4. The van der Waals surface area contributed by atoms with Gasteiger partial charge in [0.1, 0.15) is 10.6 Å². The molecule has 0 fully saturated rings. The minimum atomic E-state index is -3.65. The highest BCUT2D eigenvalue weighted by Gasteiger charge is 2.19. The Kier molecular flexibility index (Phi) is 5.03. The Morgan fingerprint density at radius 3 is 2.57 bits per heavy atom. The summed E-state index contributed by atoms with van der Waals surface area (Å²) < 4.78 is 33.3. The molecule has 2 aromatic rings. The van der Waals surface area contributed by atoms with Crippen LogP contribution in [-0.2, 0) is 16.6 Å². The van der Waals surface area contributed by atoms with Gasteiger partial charge in [-0.3, -0.25) is 0 Å². The summed E-state index contributed by atoms with van der Waals surface area (Å²) in [5.41, 5.74) is 1.98. The fourth-order valence-corrected chi connectivity index (χ4v) is 3.63. The second-order valence-electron chi connectivity index (χ2n) is 4.55. The number of sulfonamides is 1. The zero-order valence-corrected chi connectivity index (χ0v) is 14.2. The first-order valence-electron chi connectivity index (χ1n) is 6.32. The van der Waals surface area contributed by atoms with Crippen LogP contribution in [0.3, 0.4) is 0 Å². The summed E-state index contributed by atoms with van der Waals surface area (Å²) in [7, 11) is -2.20. The molecule has 4 nitrogen and oxygen atoms in total. The van der Waals surface area contributed by atoms with Crippen LogP contribution in [0.4, 0.5) is 0 Å². The van der Waals surface area contributed by atoms with Crippen molar-refractivity contribution < 1.29 is 13.2 Å². The van der Waals surface area contributed by atoms with E-state index in [4.69, 9.17) is 4.74 Å². The van der Waals surface area contributed by atoms with E-state index in [0.29, 0.717) is 10.2 Å². The van der Waals surface area contributed by atoms with Gasteiger partial charge in [0.05, 0.1) is 7.11 Å². The fraction of sp³-hybridized carbons (Fsp3) is 0.200. The molecule has 0 saturated carbocycles. The van der Waals surface area contributed by atoms with Crippen molar-refractivity contribution in [3.8, 4) is 5.75 Å². The number of hydrogen-bond donors (Lipinski definition) is 1. The van der Waals surface area contributed by atoms with Gasteiger partial charge in [-0.2, -0.15) is 0 Å². The van der Waals surface area contributed by atoms with Crippen molar-refractivity contribution in [2.75, 3.05) is 7.11 Å². The molecule has 0 aliphatic heterocycles. The number of methoxy groups -OCH3 is 1. The average Bonchev–Trinajstić information content (AvgIpc) is 2.46. The van der Waals surface area contributed by atoms with E-state index in [1.807, 2.05) is 31.2 Å². The predicted octanol–water partition coefficient (Wildman–Crippen LogP) is 3.24. The van der Waals surface area contributed by atoms with E-state index < -0.39 is 10.0 Å². The number of hydrogen-bond acceptors (Lipinski definition) is 3. The van der Waals surface area contributed by atoms with Crippen molar-refractivity contribution in [2.45, 2.75) is 18.4 Å². The number of aryl methyl sites for hydroxylation is 1. The lowest BCUT2D eigenvalue weighted by Gasteiger charge is -2.12. The van der Waals surface area contributed by atoms with Crippen molar-refractivity contribution in [3.63, 3.8) is 0 Å². The van der Waals surface area contributed by atoms with E-state index in [-0.39, 0.29) is 11.4 Å². The summed E-state index contributed by atoms with van der Waals surface area (Å²) >= 11 is 3.28. The number of rotatable bonds is 5. The third-order valence-corrected chi connectivity index (χ3v) is 5.04. The second-order valence-corrected chi connectivity index (χ2v) is 7.20. The zero-order chi connectivity index (χ0) is 15.5. The largest absolute Gasteiger partial charge is 0.495 e. The van der Waals surface area contributed by atoms with E-state index in [0.717, 1.165) is 11.1 Å². The molecule has 2 rings (SSSR count). The zero-order valence-electron chi connectivity index (χ0n) is 11.8. The number of ether oxygens (including phenoxy) is 1. The predicted molar refractivity (Wildman–Crippen MR) is 85.9 cm³/mol. The highest BCUT2D eigenvalue weighted by Crippen LogP contribution is 2.27. The van der Waals surface area contributed by atoms with Crippen molar-refractivity contribution in [1.29, 1.82) is 0 Å². The maximum Gasteiger partial charge on any atom is 0.244 e. The molecule has 112 valence electrons. The summed E-state index contributed by atoms with van der Waals surface area (Å²) in [6, 6.07) is 12.5. The van der Waals surface area contributed by atoms with Crippen molar-refractivity contribution >= 4 is 26.0 Å². The standard InChI is InChI=1S/C15H16BrNO3S/c1-11-5-3-4-6-12(11)10-17-21(18,19)15-9-13(16)7-8-14(15)20-2/h3-9,17H,10H2,1-2H3. The molecule has 0 saturated heterocycles. The molecule has 0 heterocycles. The molecular formula is C15H16BrNO3S. The molecule has 0 amide bonds. The van der Waals surface area contributed by atoms with Gasteiger partial charge in [-0.05, 0) is 36.2 Å². The van der Waals surface area contributed by atoms with Crippen LogP contribution in [0.15, 0.2) is 51.8 Å². The van der Waals surface area contributed by atoms with Gasteiger partial charge in [0.2, 0.25) is 10.0 Å². The minimum absolute atomic E-state index is 0.118. The van der Waals surface area contributed by atoms with Gasteiger partial charge in [0.15, 0.2) is 0 Å². The van der Waals surface area contributed by atoms with Crippen LogP contribution in [0.2, 0.25) is 0 Å². The van der Waals surface area contributed by atoms with Gasteiger partial charge < -0.3 is 4.74 Å². The molecule has 2 aromatic carbocycles. The van der Waals surface area contributed by atoms with E-state index in [1.54, 1.807) is 12.1 Å². The monoisotopic (exact) mass is 369 g/mol. The SMILES string of the molecule is COc1ccc(Br)cc1S(=O)(=O)NCc1ccccc1C. The molecule has 0 radical (unpaired) electrons. The van der Waals surface area contributed by atoms with E-state index in [1.165, 1.54) is 13.2 Å². The molecular weight excluding hydrogens is 354 g/mol. The topological polar surface area (TPSA) is 55.4 Å². The Hall–Kier alpha value is -1.37. The van der Waals surface area contributed by atoms with Crippen molar-refractivity contribution in [1.82, 2.24) is 4.72 Å². The molecule has 0 aliphatic rings. The Morgan fingerprint density at radius 2 is 1.90 bits per heavy atom. The summed E-state index contributed by atoms with van der Waals surface area (Å²) in [6.07, 6.45) is 0. The van der Waals surface area contributed by atoms with Crippen LogP contribution >= 0.6 is 15.9 Å². The molecule has 0 unspecified atom stereocenters. The van der Waals surface area contributed by atoms with Crippen LogP contribution in [0.1, 0.15) is 11.1 Å². The van der Waals surface area contributed by atoms with Crippen LogP contribution in [-0.4, -0.2) is 15.5 Å². The lowest BCUT2D eigenvalue weighted by molar-refractivity contribution is 0.402. The number of nitrogens with one attached hydrogen (secondary N) is 1. The van der Waals surface area contributed by atoms with Gasteiger partial charge >= 0.3 is 0 Å². The van der Waals surface area contributed by atoms with Gasteiger partial charge in [0, 0.05) is 11.0 Å². The number of benzene rings is 2. The quantitative estimate of drug-likeness (QED) is 0.879. The van der Waals surface area contributed by atoms with Crippen LogP contribution in [0.5, 0.6) is 5.75 Å². The Morgan fingerprint density at radius 1 is 1.19 bits per heavy atom. The molecule has 0 bridgehead atoms. The second kappa shape index (κ2) is 6.60. The van der Waals surface area contributed by atoms with Crippen molar-refractivity contribution in [3.05, 3.63) is 58.1 Å². The van der Waals surface area contributed by atoms with E-state index >= 15 is 0 Å². The molecule has 0 spiro atoms. The number of halogens is 1. The molecule has 1 N–H and O–H groups in total. The van der Waals surface area contributed by atoms with Crippen LogP contribution < -0.4 is 9.46 Å². The first kappa shape index (κ1) is 16.0. The highest BCUT2D eigenvalue weighted by molar-refractivity contribution is 9.10. The van der Waals surface area contributed by atoms with Gasteiger partial charge in [-0.1, -0.05) is 40.2 Å². The van der Waals surface area contributed by atoms with Crippen LogP contribution in [0.25, 0.3) is 0 Å². The smallest absolute Gasteiger partial charge is 0.244 e. The molecule has 0 atom stereocenters. The van der Waals surface area contributed by atoms with Gasteiger partial charge in [0.25, 0.3) is 0 Å². The average molecular weight is 370 g/mol. The third-order valence-electron chi connectivity index (χ3n) is 3.13. The van der Waals surface area contributed by atoms with Gasteiger partial charge in [-0.15, -0.1) is 0 Å².